The molecule has 9 heteroatoms. The van der Waals surface area contributed by atoms with Crippen LogP contribution in [-0.2, 0) is 4.79 Å². The predicted octanol–water partition coefficient (Wildman–Crippen LogP) is 7.15. The van der Waals surface area contributed by atoms with Crippen LogP contribution in [0.15, 0.2) is 35.6 Å². The number of pyridine rings is 1. The van der Waals surface area contributed by atoms with Crippen molar-refractivity contribution in [2.75, 3.05) is 4.90 Å². The van der Waals surface area contributed by atoms with Gasteiger partial charge < -0.3 is 10.0 Å². The van der Waals surface area contributed by atoms with Crippen LogP contribution in [0, 0.1) is 29.1 Å². The van der Waals surface area contributed by atoms with Crippen molar-refractivity contribution in [1.82, 2.24) is 14.6 Å². The normalized spacial score (nSPS) is 23.4. The van der Waals surface area contributed by atoms with Crippen molar-refractivity contribution in [3.05, 3.63) is 40.2 Å². The molecule has 3 aromatic heterocycles. The van der Waals surface area contributed by atoms with Crippen LogP contribution in [0.1, 0.15) is 93.6 Å². The third-order valence-corrected chi connectivity index (χ3v) is 10.2. The van der Waals surface area contributed by atoms with E-state index in [9.17, 15) is 14.7 Å². The van der Waals surface area contributed by atoms with E-state index in [0.717, 1.165) is 62.2 Å². The second-order valence-electron chi connectivity index (χ2n) is 12.3. The maximum atomic E-state index is 14.2. The quantitative estimate of drug-likeness (QED) is 0.313. The standard InChI is InChI=1S/C31H38N4O3S2/c1-20-8-10-21(11-9-20)28(36)35(25-19-24(16-17-31(2,3)4)39-27(25)29(37)38)22-12-14-23(15-13-22)40-30-33-32-26-7-5-6-18-34(26)30/h5-7,18-23H,8-15H2,1-4H3,(H,37,38)/t20-,21-,22-,23-. The lowest BCUT2D eigenvalue weighted by atomic mass is 9.81. The summed E-state index contributed by atoms with van der Waals surface area (Å²) in [5.74, 6) is 6.06. The first-order valence-corrected chi connectivity index (χ1v) is 16.0. The molecule has 1 amide bonds. The fourth-order valence-corrected chi connectivity index (χ4v) is 7.70. The van der Waals surface area contributed by atoms with Gasteiger partial charge in [0.05, 0.1) is 10.6 Å². The van der Waals surface area contributed by atoms with Crippen LogP contribution >= 0.6 is 23.1 Å². The summed E-state index contributed by atoms with van der Waals surface area (Å²) in [6.45, 7) is 8.35. The number of carbonyl (C=O) groups is 2. The lowest BCUT2D eigenvalue weighted by molar-refractivity contribution is -0.124. The Morgan fingerprint density at radius 1 is 1.07 bits per heavy atom. The topological polar surface area (TPSA) is 87.8 Å². The number of aromatic nitrogens is 3. The van der Waals surface area contributed by atoms with Gasteiger partial charge >= 0.3 is 5.97 Å². The van der Waals surface area contributed by atoms with E-state index in [1.54, 1.807) is 11.8 Å². The summed E-state index contributed by atoms with van der Waals surface area (Å²) in [6, 6.07) is 7.70. The second-order valence-corrected chi connectivity index (χ2v) is 14.6. The molecule has 0 atom stereocenters. The SMILES string of the molecule is CC(C)(C)C#Cc1cc(N(C(=O)[C@H]2CC[C@H](C)CC2)[C@H]2CC[C@H](Sc3nnc4ccccn34)CC2)c(C(=O)O)s1. The molecule has 7 nitrogen and oxygen atoms in total. The van der Waals surface area contributed by atoms with Gasteiger partial charge in [0.25, 0.3) is 0 Å². The number of aromatic carboxylic acids is 1. The van der Waals surface area contributed by atoms with E-state index in [4.69, 9.17) is 0 Å². The van der Waals surface area contributed by atoms with Crippen molar-refractivity contribution >= 4 is 46.3 Å². The van der Waals surface area contributed by atoms with Crippen molar-refractivity contribution in [2.45, 2.75) is 95.5 Å². The second kappa shape index (κ2) is 12.0. The lowest BCUT2D eigenvalue weighted by Crippen LogP contribution is -2.46. The zero-order valence-corrected chi connectivity index (χ0v) is 25.4. The van der Waals surface area contributed by atoms with E-state index in [1.165, 1.54) is 11.3 Å². The highest BCUT2D eigenvalue weighted by molar-refractivity contribution is 7.99. The summed E-state index contributed by atoms with van der Waals surface area (Å²) < 4.78 is 2.02. The molecule has 0 aromatic carbocycles. The number of rotatable bonds is 6. The van der Waals surface area contributed by atoms with Gasteiger partial charge in [-0.05, 0) is 96.3 Å². The molecular formula is C31H38N4O3S2. The summed E-state index contributed by atoms with van der Waals surface area (Å²) in [5.41, 5.74) is 1.16. The van der Waals surface area contributed by atoms with Gasteiger partial charge in [-0.15, -0.1) is 21.5 Å². The van der Waals surface area contributed by atoms with Gasteiger partial charge in [-0.2, -0.15) is 0 Å². The van der Waals surface area contributed by atoms with Gasteiger partial charge in [0.2, 0.25) is 5.91 Å². The van der Waals surface area contributed by atoms with Crippen molar-refractivity contribution in [3.63, 3.8) is 0 Å². The Labute approximate surface area is 244 Å². The average molecular weight is 579 g/mol. The van der Waals surface area contributed by atoms with E-state index in [2.05, 4.69) is 29.0 Å². The molecule has 40 heavy (non-hydrogen) atoms. The highest BCUT2D eigenvalue weighted by Gasteiger charge is 2.37. The maximum Gasteiger partial charge on any atom is 0.348 e. The van der Waals surface area contributed by atoms with E-state index >= 15 is 0 Å². The molecule has 0 aliphatic heterocycles. The van der Waals surface area contributed by atoms with Gasteiger partial charge in [0.15, 0.2) is 10.8 Å². The van der Waals surface area contributed by atoms with Crippen LogP contribution in [0.4, 0.5) is 5.69 Å². The number of hydrogen-bond acceptors (Lipinski definition) is 6. The number of amides is 1. The average Bonchev–Trinajstić information content (AvgIpc) is 3.53. The molecular weight excluding hydrogens is 541 g/mol. The Kier molecular flexibility index (Phi) is 8.58. The maximum absolute atomic E-state index is 14.2. The molecule has 2 fully saturated rings. The summed E-state index contributed by atoms with van der Waals surface area (Å²) in [7, 11) is 0. The van der Waals surface area contributed by atoms with E-state index < -0.39 is 5.97 Å². The summed E-state index contributed by atoms with van der Waals surface area (Å²) in [4.78, 5) is 29.3. The molecule has 2 aliphatic rings. The van der Waals surface area contributed by atoms with Gasteiger partial charge in [-0.25, -0.2) is 4.79 Å². The molecule has 0 bridgehead atoms. The van der Waals surface area contributed by atoms with Gasteiger partial charge in [-0.1, -0.05) is 36.6 Å². The molecule has 3 heterocycles. The molecule has 0 saturated heterocycles. The number of nitrogens with zero attached hydrogens (tertiary/aromatic N) is 4. The minimum atomic E-state index is -0.998. The van der Waals surface area contributed by atoms with Crippen LogP contribution in [0.2, 0.25) is 0 Å². The fourth-order valence-electron chi connectivity index (χ4n) is 5.69. The Hall–Kier alpha value is -2.83. The van der Waals surface area contributed by atoms with E-state index in [0.29, 0.717) is 21.7 Å². The zero-order chi connectivity index (χ0) is 28.4. The van der Waals surface area contributed by atoms with Crippen molar-refractivity contribution in [2.24, 2.45) is 17.3 Å². The first-order chi connectivity index (χ1) is 19.1. The van der Waals surface area contributed by atoms with Gasteiger partial charge in [0.1, 0.15) is 4.88 Å². The number of carboxylic acids is 1. The molecule has 5 rings (SSSR count). The molecule has 0 radical (unpaired) electrons. The molecule has 0 unspecified atom stereocenters. The highest BCUT2D eigenvalue weighted by atomic mass is 32.2. The van der Waals surface area contributed by atoms with Crippen LogP contribution in [0.25, 0.3) is 5.65 Å². The van der Waals surface area contributed by atoms with Crippen LogP contribution in [-0.4, -0.2) is 42.9 Å². The molecule has 1 N–H and O–H groups in total. The first kappa shape index (κ1) is 28.7. The molecule has 0 spiro atoms. The Morgan fingerprint density at radius 3 is 2.48 bits per heavy atom. The number of hydrogen-bond donors (Lipinski definition) is 1. The third kappa shape index (κ3) is 6.55. The monoisotopic (exact) mass is 578 g/mol. The molecule has 2 saturated carbocycles. The minimum absolute atomic E-state index is 0.0324. The smallest absolute Gasteiger partial charge is 0.348 e. The predicted molar refractivity (Wildman–Crippen MR) is 161 cm³/mol. The number of thioether (sulfide) groups is 1. The third-order valence-electron chi connectivity index (χ3n) is 7.89. The summed E-state index contributed by atoms with van der Waals surface area (Å²) in [5, 5.41) is 20.1. The van der Waals surface area contributed by atoms with E-state index in [1.807, 2.05) is 60.5 Å². The van der Waals surface area contributed by atoms with Crippen LogP contribution in [0.5, 0.6) is 0 Å². The van der Waals surface area contributed by atoms with Crippen molar-refractivity contribution in [3.8, 4) is 11.8 Å². The molecule has 212 valence electrons. The van der Waals surface area contributed by atoms with Gasteiger partial charge in [-0.3, -0.25) is 9.20 Å². The lowest BCUT2D eigenvalue weighted by Gasteiger charge is -2.39. The fraction of sp³-hybridized carbons (Fsp3) is 0.548. The molecule has 2 aliphatic carbocycles. The van der Waals surface area contributed by atoms with Crippen molar-refractivity contribution < 1.29 is 14.7 Å². The Balaban J connectivity index is 1.40. The Morgan fingerprint density at radius 2 is 1.80 bits per heavy atom. The largest absolute Gasteiger partial charge is 0.477 e. The number of carboxylic acid groups (broad SMARTS) is 1. The number of carbonyl (C=O) groups excluding carboxylic acids is 1. The van der Waals surface area contributed by atoms with Gasteiger partial charge in [0, 0.05) is 28.8 Å². The highest BCUT2D eigenvalue weighted by Crippen LogP contribution is 2.41. The summed E-state index contributed by atoms with van der Waals surface area (Å²) >= 11 is 2.92. The van der Waals surface area contributed by atoms with Crippen molar-refractivity contribution in [1.29, 1.82) is 0 Å². The summed E-state index contributed by atoms with van der Waals surface area (Å²) in [6.07, 6.45) is 9.28. The molecule has 3 aromatic rings. The minimum Gasteiger partial charge on any atom is -0.477 e. The zero-order valence-electron chi connectivity index (χ0n) is 23.7. The first-order valence-electron chi connectivity index (χ1n) is 14.3. The van der Waals surface area contributed by atoms with E-state index in [-0.39, 0.29) is 28.2 Å². The number of thiophene rings is 1. The van der Waals surface area contributed by atoms with Crippen LogP contribution < -0.4 is 4.90 Å². The Bertz CT molecular complexity index is 1430. The number of fused-ring (bicyclic) bond motifs is 1. The van der Waals surface area contributed by atoms with Crippen LogP contribution in [0.3, 0.4) is 0 Å². The number of anilines is 1.